The van der Waals surface area contributed by atoms with Crippen LogP contribution in [-0.2, 0) is 14.4 Å². The Kier molecular flexibility index (Phi) is 18.9. The normalized spacial score (nSPS) is 19.2. The molecular formula is C73H70N18O6. The van der Waals surface area contributed by atoms with Gasteiger partial charge in [0, 0.05) is 108 Å². The van der Waals surface area contributed by atoms with E-state index in [9.17, 15) is 30.2 Å². The molecule has 4 unspecified atom stereocenters. The minimum absolute atomic E-state index is 0.124. The highest BCUT2D eigenvalue weighted by Gasteiger charge is 2.48. The van der Waals surface area contributed by atoms with Crippen LogP contribution >= 0.6 is 0 Å². The average Bonchev–Trinajstić information content (AvgIpc) is 0.800. The van der Waals surface area contributed by atoms with E-state index < -0.39 is 0 Å². The third-order valence-corrected chi connectivity index (χ3v) is 18.9. The maximum atomic E-state index is 11.7. The van der Waals surface area contributed by atoms with Gasteiger partial charge >= 0.3 is 0 Å². The summed E-state index contributed by atoms with van der Waals surface area (Å²) >= 11 is 0. The summed E-state index contributed by atoms with van der Waals surface area (Å²) in [6.45, 7) is 12.7. The smallest absolute Gasteiger partial charge is 0.296 e. The van der Waals surface area contributed by atoms with Gasteiger partial charge in [0.05, 0.1) is 90.2 Å². The lowest BCUT2D eigenvalue weighted by Gasteiger charge is -2.56. The number of aromatic nitrogens is 9. The summed E-state index contributed by atoms with van der Waals surface area (Å²) in [5.74, 6) is 10.9. The molecule has 4 atom stereocenters. The van der Waals surface area contributed by atoms with E-state index in [0.717, 1.165) is 139 Å². The quantitative estimate of drug-likeness (QED) is 0.0774. The van der Waals surface area contributed by atoms with E-state index in [2.05, 4.69) is 88.8 Å². The first-order chi connectivity index (χ1) is 47.2. The van der Waals surface area contributed by atoms with Crippen molar-refractivity contribution in [3.8, 4) is 106 Å². The number of nitrogens with one attached hydrogen (secondary N) is 3. The number of anilines is 3. The molecule has 9 aromatic heterocycles. The molecule has 5 saturated heterocycles. The van der Waals surface area contributed by atoms with E-state index in [1.165, 1.54) is 0 Å². The molecule has 7 aliphatic rings. The van der Waals surface area contributed by atoms with E-state index in [1.807, 2.05) is 94.0 Å². The Labute approximate surface area is 561 Å². The fraction of sp³-hybridized carbons (Fsp3) is 0.342. The second-order valence-electron chi connectivity index (χ2n) is 24.4. The number of piperidine rings is 4. The first kappa shape index (κ1) is 65.0. The molecule has 14 heterocycles. The third-order valence-electron chi connectivity index (χ3n) is 18.9. The summed E-state index contributed by atoms with van der Waals surface area (Å²) in [5, 5.41) is 50.3. The molecule has 488 valence electrons. The highest BCUT2D eigenvalue weighted by molar-refractivity contribution is 5.94. The number of terminal acetylenes is 3. The van der Waals surface area contributed by atoms with E-state index in [-0.39, 0.29) is 35.3 Å². The molecule has 0 spiro atoms. The second-order valence-corrected chi connectivity index (χ2v) is 24.4. The van der Waals surface area contributed by atoms with Gasteiger partial charge in [-0.15, -0.1) is 19.3 Å². The van der Waals surface area contributed by atoms with Gasteiger partial charge in [-0.1, -0.05) is 6.92 Å². The lowest BCUT2D eigenvalue weighted by Crippen LogP contribution is -2.65. The van der Waals surface area contributed by atoms with Gasteiger partial charge in [-0.25, -0.2) is 28.5 Å². The topological polar surface area (TPSA) is 287 Å². The number of hydrogen-bond acceptors (Lipinski definition) is 18. The molecule has 0 aromatic carbocycles. The van der Waals surface area contributed by atoms with E-state index in [1.54, 1.807) is 50.7 Å². The van der Waals surface area contributed by atoms with Crippen LogP contribution in [0.2, 0.25) is 0 Å². The molecule has 3 N–H and O–H groups in total. The molecule has 2 aliphatic carbocycles. The Hall–Kier alpha value is -12.1. The van der Waals surface area contributed by atoms with Crippen molar-refractivity contribution in [2.75, 3.05) is 60.7 Å². The van der Waals surface area contributed by atoms with Crippen molar-refractivity contribution in [1.82, 2.24) is 59.7 Å². The molecule has 97 heavy (non-hydrogen) atoms. The van der Waals surface area contributed by atoms with E-state index in [4.69, 9.17) is 48.4 Å². The molecular weight excluding hydrogens is 1220 g/mol. The van der Waals surface area contributed by atoms with Crippen LogP contribution in [0, 0.1) is 82.9 Å². The van der Waals surface area contributed by atoms with Crippen LogP contribution in [0.3, 0.4) is 0 Å². The van der Waals surface area contributed by atoms with Crippen LogP contribution in [0.4, 0.5) is 17.5 Å². The standard InChI is InChI=1S/C25H26N6O2.2C24H22N6O2/c1-4-23(32)29-25(5-2)9-11-30(12-10-25)22-8-7-18(15-27-22)21-13-20(33-6-3)17-31-24(21)19(14-26)16-28-31;1-3-23(31)28-17-7-18-9-19(8-17)30(18)22-6-5-15(12-26-22)21-10-20(32-4-2)14-29-24(21)16(11-25)13-27-29;1-3-22(31)28-23-16-7-17(23)13-29(12-16)21-6-5-15(10-26-21)20-8-19(32-4-2)14-30-24(20)18(9-25)11-27-30/h1,7-8,13,15-17H,5-6,9-12H2,2-3H3,(H,29,32);1,5-6,10,12-14,17-19H,4,7-9H2,2H3,(H,28,31);1,5-6,8,10-11,14,16-17,23H,4,7,12-13H2,2H3,(H,28,31). The molecule has 7 fully saturated rings. The lowest BCUT2D eigenvalue weighted by molar-refractivity contribution is -0.119. The molecule has 4 bridgehead atoms. The molecule has 9 aromatic rings. The maximum absolute atomic E-state index is 11.7. The summed E-state index contributed by atoms with van der Waals surface area (Å²) in [6.07, 6.45) is 37.5. The second kappa shape index (κ2) is 28.2. The first-order valence-corrected chi connectivity index (χ1v) is 32.4. The Morgan fingerprint density at radius 2 is 0.948 bits per heavy atom. The molecule has 2 saturated carbocycles. The number of nitrogens with zero attached hydrogens (tertiary/aromatic N) is 15. The molecule has 3 amide bonds. The molecule has 0 radical (unpaired) electrons. The minimum atomic E-state index is -0.356. The molecule has 24 nitrogen and oxygen atoms in total. The number of rotatable bonds is 16. The van der Waals surface area contributed by atoms with Crippen molar-refractivity contribution < 1.29 is 28.6 Å². The zero-order chi connectivity index (χ0) is 67.9. The number of hydrogen-bond donors (Lipinski definition) is 3. The van der Waals surface area contributed by atoms with Crippen LogP contribution in [0.25, 0.3) is 49.9 Å². The SMILES string of the molecule is C#CC(=O)NC1(CC)CCN(c2ccc(-c3cc(OCC)cn4ncc(C#N)c34)cn2)CC1.C#CC(=O)NC1C2CC1CN(c1ccc(-c3cc(OCC)cn4ncc(C#N)c34)cn1)C2.C#CC(=O)NC1CC2CC(C1)N2c1ccc(-c2cc(OCC)cn3ncc(C#N)c23)cn1. The fourth-order valence-corrected chi connectivity index (χ4v) is 14.2. The van der Waals surface area contributed by atoms with Crippen LogP contribution < -0.4 is 44.9 Å². The minimum Gasteiger partial charge on any atom is -0.492 e. The van der Waals surface area contributed by atoms with Crippen LogP contribution in [0.5, 0.6) is 17.2 Å². The van der Waals surface area contributed by atoms with Crippen LogP contribution in [0.1, 0.15) is 89.3 Å². The summed E-state index contributed by atoms with van der Waals surface area (Å²) in [4.78, 5) is 55.7. The molecule has 16 rings (SSSR count). The highest BCUT2D eigenvalue weighted by Crippen LogP contribution is 2.44. The van der Waals surface area contributed by atoms with Gasteiger partial charge in [0.2, 0.25) is 0 Å². The van der Waals surface area contributed by atoms with Crippen molar-refractivity contribution in [2.45, 2.75) is 102 Å². The first-order valence-electron chi connectivity index (χ1n) is 32.4. The van der Waals surface area contributed by atoms with Crippen LogP contribution in [0.15, 0.2) is 110 Å². The predicted octanol–water partition coefficient (Wildman–Crippen LogP) is 7.93. The number of carbonyl (C=O) groups is 3. The number of fused-ring (bicyclic) bond motifs is 7. The van der Waals surface area contributed by atoms with E-state index in [0.29, 0.717) is 77.7 Å². The zero-order valence-corrected chi connectivity index (χ0v) is 54.1. The average molecular weight is 1300 g/mol. The van der Waals surface area contributed by atoms with Gasteiger partial charge in [0.1, 0.15) is 52.9 Å². The van der Waals surface area contributed by atoms with Gasteiger partial charge in [-0.05, 0) is 150 Å². The summed E-state index contributed by atoms with van der Waals surface area (Å²) in [6, 6.07) is 25.4. The number of pyridine rings is 6. The van der Waals surface area contributed by atoms with Crippen molar-refractivity contribution in [3.63, 3.8) is 0 Å². The van der Waals surface area contributed by atoms with Gasteiger partial charge in [-0.2, -0.15) is 31.1 Å². The Bertz CT molecular complexity index is 4700. The highest BCUT2D eigenvalue weighted by atomic mass is 16.5. The van der Waals surface area contributed by atoms with Crippen molar-refractivity contribution in [1.29, 1.82) is 15.8 Å². The van der Waals surface area contributed by atoms with E-state index >= 15 is 0 Å². The predicted molar refractivity (Wildman–Crippen MR) is 364 cm³/mol. The number of carbonyl (C=O) groups excluding carboxylic acids is 3. The monoisotopic (exact) mass is 1290 g/mol. The van der Waals surface area contributed by atoms with Crippen LogP contribution in [-0.4, -0.2) is 137 Å². The van der Waals surface area contributed by atoms with Crippen molar-refractivity contribution >= 4 is 51.7 Å². The van der Waals surface area contributed by atoms with Crippen molar-refractivity contribution in [2.24, 2.45) is 11.8 Å². The Morgan fingerprint density at radius 3 is 1.33 bits per heavy atom. The maximum Gasteiger partial charge on any atom is 0.296 e. The Morgan fingerprint density at radius 1 is 0.536 bits per heavy atom. The van der Waals surface area contributed by atoms with Crippen molar-refractivity contribution in [3.05, 3.63) is 127 Å². The lowest BCUT2D eigenvalue weighted by atomic mass is 9.66. The zero-order valence-electron chi connectivity index (χ0n) is 54.1. The Balaban J connectivity index is 0.000000139. The van der Waals surface area contributed by atoms with Gasteiger partial charge in [0.25, 0.3) is 17.7 Å². The van der Waals surface area contributed by atoms with Gasteiger partial charge < -0.3 is 44.9 Å². The number of ether oxygens (including phenoxy) is 3. The molecule has 5 aliphatic heterocycles. The third kappa shape index (κ3) is 13.3. The van der Waals surface area contributed by atoms with Gasteiger partial charge in [-0.3, -0.25) is 14.4 Å². The summed E-state index contributed by atoms with van der Waals surface area (Å²) in [5.41, 5.74) is 8.64. The molecule has 24 heteroatoms. The summed E-state index contributed by atoms with van der Waals surface area (Å²) in [7, 11) is 0. The number of amides is 3. The van der Waals surface area contributed by atoms with Gasteiger partial charge in [0.15, 0.2) is 0 Å². The fourth-order valence-electron chi connectivity index (χ4n) is 14.2. The number of nitriles is 3. The summed E-state index contributed by atoms with van der Waals surface area (Å²) < 4.78 is 22.1. The largest absolute Gasteiger partial charge is 0.492 e.